The predicted molar refractivity (Wildman–Crippen MR) is 129 cm³/mol. The second-order valence-corrected chi connectivity index (χ2v) is 11.2. The normalized spacial score (nSPS) is 17.9. The molecular formula is C24H26FN7O2S. The van der Waals surface area contributed by atoms with Gasteiger partial charge in [-0.05, 0) is 49.6 Å². The summed E-state index contributed by atoms with van der Waals surface area (Å²) in [6.45, 7) is 4.34. The number of pyridine rings is 1. The number of sulfonamides is 1. The van der Waals surface area contributed by atoms with E-state index in [9.17, 15) is 12.8 Å². The highest BCUT2D eigenvalue weighted by Crippen LogP contribution is 2.47. The average molecular weight is 496 g/mol. The van der Waals surface area contributed by atoms with Crippen molar-refractivity contribution in [2.45, 2.75) is 43.2 Å². The summed E-state index contributed by atoms with van der Waals surface area (Å²) in [5.41, 5.74) is 1.97. The van der Waals surface area contributed by atoms with Crippen LogP contribution in [0.15, 0.2) is 60.0 Å². The molecule has 11 heteroatoms. The van der Waals surface area contributed by atoms with Crippen LogP contribution in [0.3, 0.4) is 0 Å². The van der Waals surface area contributed by atoms with E-state index in [1.54, 1.807) is 44.4 Å². The molecule has 0 bridgehead atoms. The second kappa shape index (κ2) is 8.13. The molecule has 0 unspecified atom stereocenters. The van der Waals surface area contributed by atoms with Crippen LogP contribution in [0.1, 0.15) is 26.2 Å². The number of fused-ring (bicyclic) bond motifs is 1. The van der Waals surface area contributed by atoms with Crippen LogP contribution >= 0.6 is 0 Å². The highest BCUT2D eigenvalue weighted by molar-refractivity contribution is 7.89. The molecule has 9 nitrogen and oxygen atoms in total. The van der Waals surface area contributed by atoms with Crippen molar-refractivity contribution in [3.8, 4) is 5.69 Å². The fourth-order valence-electron chi connectivity index (χ4n) is 4.92. The monoisotopic (exact) mass is 495 g/mol. The van der Waals surface area contributed by atoms with Crippen LogP contribution in [0, 0.1) is 5.82 Å². The topological polar surface area (TPSA) is 89.2 Å². The Balaban J connectivity index is 1.24. The third-order valence-corrected chi connectivity index (χ3v) is 8.85. The zero-order valence-corrected chi connectivity index (χ0v) is 20.2. The Morgan fingerprint density at radius 1 is 1.03 bits per heavy atom. The number of nitrogens with zero attached hydrogens (tertiary/aromatic N) is 7. The lowest BCUT2D eigenvalue weighted by atomic mass is 10.1. The summed E-state index contributed by atoms with van der Waals surface area (Å²) in [5, 5.41) is 9.52. The van der Waals surface area contributed by atoms with E-state index < -0.39 is 15.6 Å². The molecule has 0 atom stereocenters. The summed E-state index contributed by atoms with van der Waals surface area (Å²) < 4.78 is 45.2. The first kappa shape index (κ1) is 22.2. The first-order chi connectivity index (χ1) is 16.9. The van der Waals surface area contributed by atoms with Gasteiger partial charge in [-0.15, -0.1) is 0 Å². The largest absolute Gasteiger partial charge is 0.367 e. The molecule has 0 amide bonds. The van der Waals surface area contributed by atoms with Gasteiger partial charge in [0.15, 0.2) is 5.65 Å². The van der Waals surface area contributed by atoms with Crippen LogP contribution in [0.4, 0.5) is 10.1 Å². The SMILES string of the molecule is CCCn1cc(S(=O)(=O)N2CCN(c3cnc4c(cnn4-c4ccc(F)cc4)c3)CC23CC3)cn1. The highest BCUT2D eigenvalue weighted by atomic mass is 32.2. The Bertz CT molecular complexity index is 1490. The van der Waals surface area contributed by atoms with E-state index in [4.69, 9.17) is 0 Å². The maximum Gasteiger partial charge on any atom is 0.246 e. The second-order valence-electron chi connectivity index (χ2n) is 9.30. The molecular weight excluding hydrogens is 469 g/mol. The van der Waals surface area contributed by atoms with E-state index in [2.05, 4.69) is 20.1 Å². The molecule has 4 heterocycles. The van der Waals surface area contributed by atoms with Gasteiger partial charge in [-0.3, -0.25) is 4.68 Å². The summed E-state index contributed by atoms with van der Waals surface area (Å²) >= 11 is 0. The number of benzene rings is 1. The maximum absolute atomic E-state index is 13.4. The quantitative estimate of drug-likeness (QED) is 0.408. The number of rotatable bonds is 6. The molecule has 1 saturated heterocycles. The van der Waals surface area contributed by atoms with Gasteiger partial charge in [-0.25, -0.2) is 22.5 Å². The predicted octanol–water partition coefficient (Wildman–Crippen LogP) is 3.21. The molecule has 1 aliphatic heterocycles. The molecule has 6 rings (SSSR count). The van der Waals surface area contributed by atoms with Gasteiger partial charge >= 0.3 is 0 Å². The van der Waals surface area contributed by atoms with Crippen molar-refractivity contribution >= 4 is 26.7 Å². The van der Waals surface area contributed by atoms with Crippen LogP contribution in [0.5, 0.6) is 0 Å². The van der Waals surface area contributed by atoms with Crippen LogP contribution in [-0.2, 0) is 16.6 Å². The lowest BCUT2D eigenvalue weighted by Crippen LogP contribution is -2.57. The molecule has 1 aromatic carbocycles. The summed E-state index contributed by atoms with van der Waals surface area (Å²) in [6, 6.07) is 8.16. The molecule has 1 aliphatic carbocycles. The van der Waals surface area contributed by atoms with E-state index in [1.807, 2.05) is 13.0 Å². The van der Waals surface area contributed by atoms with Gasteiger partial charge in [0.25, 0.3) is 0 Å². The van der Waals surface area contributed by atoms with Gasteiger partial charge in [0.2, 0.25) is 10.0 Å². The molecule has 2 aliphatic rings. The summed E-state index contributed by atoms with van der Waals surface area (Å²) in [6.07, 6.45) is 9.22. The van der Waals surface area contributed by atoms with Crippen molar-refractivity contribution in [1.29, 1.82) is 0 Å². The van der Waals surface area contributed by atoms with Gasteiger partial charge in [-0.1, -0.05) is 6.92 Å². The Hall–Kier alpha value is -3.31. The molecule has 35 heavy (non-hydrogen) atoms. The number of hydrogen-bond acceptors (Lipinski definition) is 6. The lowest BCUT2D eigenvalue weighted by molar-refractivity contribution is 0.271. The van der Waals surface area contributed by atoms with Crippen LogP contribution in [-0.4, -0.2) is 62.4 Å². The Labute approximate surface area is 202 Å². The molecule has 2 fully saturated rings. The van der Waals surface area contributed by atoms with E-state index in [-0.39, 0.29) is 10.7 Å². The van der Waals surface area contributed by atoms with Crippen molar-refractivity contribution in [2.75, 3.05) is 24.5 Å². The minimum atomic E-state index is -3.61. The minimum Gasteiger partial charge on any atom is -0.367 e. The van der Waals surface area contributed by atoms with Gasteiger partial charge in [0.05, 0.1) is 35.5 Å². The minimum absolute atomic E-state index is 0.266. The zero-order valence-electron chi connectivity index (χ0n) is 19.4. The van der Waals surface area contributed by atoms with Crippen molar-refractivity contribution in [3.05, 3.63) is 60.9 Å². The van der Waals surface area contributed by atoms with E-state index >= 15 is 0 Å². The Kier molecular flexibility index (Phi) is 5.15. The molecule has 0 radical (unpaired) electrons. The van der Waals surface area contributed by atoms with Gasteiger partial charge in [0, 0.05) is 37.8 Å². The van der Waals surface area contributed by atoms with Gasteiger partial charge < -0.3 is 4.90 Å². The number of anilines is 1. The molecule has 0 N–H and O–H groups in total. The smallest absolute Gasteiger partial charge is 0.246 e. The number of aryl methyl sites for hydroxylation is 1. The number of hydrogen-bond donors (Lipinski definition) is 0. The lowest BCUT2D eigenvalue weighted by Gasteiger charge is -2.41. The Morgan fingerprint density at radius 2 is 1.83 bits per heavy atom. The summed E-state index contributed by atoms with van der Waals surface area (Å²) in [5.74, 6) is -0.301. The Morgan fingerprint density at radius 3 is 2.57 bits per heavy atom. The van der Waals surface area contributed by atoms with E-state index in [1.165, 1.54) is 18.3 Å². The number of piperazine rings is 1. The first-order valence-corrected chi connectivity index (χ1v) is 13.2. The first-order valence-electron chi connectivity index (χ1n) is 11.8. The van der Waals surface area contributed by atoms with Crippen molar-refractivity contribution in [2.24, 2.45) is 0 Å². The van der Waals surface area contributed by atoms with Crippen molar-refractivity contribution in [3.63, 3.8) is 0 Å². The fourth-order valence-corrected chi connectivity index (χ4v) is 6.68. The summed E-state index contributed by atoms with van der Waals surface area (Å²) in [4.78, 5) is 7.12. The average Bonchev–Trinajstić information content (AvgIpc) is 3.25. The zero-order chi connectivity index (χ0) is 24.2. The molecule has 1 spiro atoms. The van der Waals surface area contributed by atoms with Crippen LogP contribution in [0.25, 0.3) is 16.7 Å². The van der Waals surface area contributed by atoms with E-state index in [0.717, 1.165) is 36.0 Å². The van der Waals surface area contributed by atoms with Crippen molar-refractivity contribution in [1.82, 2.24) is 28.9 Å². The maximum atomic E-state index is 13.4. The van der Waals surface area contributed by atoms with Crippen LogP contribution < -0.4 is 4.90 Å². The molecule has 3 aromatic heterocycles. The molecule has 1 saturated carbocycles. The van der Waals surface area contributed by atoms with E-state index in [0.29, 0.717) is 31.8 Å². The van der Waals surface area contributed by atoms with Gasteiger partial charge in [0.1, 0.15) is 10.7 Å². The fraction of sp³-hybridized carbons (Fsp3) is 0.375. The molecule has 4 aromatic rings. The summed E-state index contributed by atoms with van der Waals surface area (Å²) in [7, 11) is -3.61. The number of halogens is 1. The van der Waals surface area contributed by atoms with Crippen molar-refractivity contribution < 1.29 is 12.8 Å². The third kappa shape index (κ3) is 3.79. The number of aromatic nitrogens is 5. The third-order valence-electron chi connectivity index (χ3n) is 6.89. The standard InChI is InChI=1S/C24H26FN7O2S/c1-2-9-30-16-22(15-27-30)35(33,34)31-11-10-29(17-24(31)7-8-24)21-12-18-13-28-32(23(18)26-14-21)20-5-3-19(25)4-6-20/h3-6,12-16H,2,7-11,17H2,1H3. The van der Waals surface area contributed by atoms with Gasteiger partial charge in [-0.2, -0.15) is 14.5 Å². The highest BCUT2D eigenvalue weighted by Gasteiger charge is 2.56. The molecule has 182 valence electrons. The van der Waals surface area contributed by atoms with Crippen LogP contribution in [0.2, 0.25) is 0 Å².